The van der Waals surface area contributed by atoms with E-state index in [0.717, 1.165) is 10.0 Å². The molecule has 6 nitrogen and oxygen atoms in total. The molecular formula is C9H11BrN4O2. The molecule has 0 spiro atoms. The van der Waals surface area contributed by atoms with Crippen molar-refractivity contribution in [1.82, 2.24) is 0 Å². The Morgan fingerprint density at radius 3 is 2.56 bits per heavy atom. The predicted molar refractivity (Wildman–Crippen MR) is 61.0 cm³/mol. The number of halogens is 1. The first-order valence-corrected chi connectivity index (χ1v) is 5.21. The fourth-order valence-corrected chi connectivity index (χ4v) is 1.44. The number of hydrogen-bond donors (Lipinski definition) is 2. The van der Waals surface area contributed by atoms with Crippen molar-refractivity contribution in [3.63, 3.8) is 0 Å². The number of hydrogen-bond acceptors (Lipinski definition) is 5. The summed E-state index contributed by atoms with van der Waals surface area (Å²) < 4.78 is 0.953. The molecule has 0 fully saturated rings. The normalized spacial score (nSPS) is 12.6. The fraction of sp³-hybridized carbons (Fsp3) is 0.222. The molecule has 1 aromatic rings. The second-order valence-electron chi connectivity index (χ2n) is 3.01. The van der Waals surface area contributed by atoms with Crippen LogP contribution in [0.25, 0.3) is 0 Å². The van der Waals surface area contributed by atoms with Crippen molar-refractivity contribution in [2.75, 3.05) is 0 Å². The van der Waals surface area contributed by atoms with E-state index in [1.165, 1.54) is 0 Å². The van der Waals surface area contributed by atoms with Gasteiger partial charge in [-0.25, -0.2) is 4.79 Å². The highest BCUT2D eigenvalue weighted by atomic mass is 79.9. The molecule has 1 atom stereocenters. The summed E-state index contributed by atoms with van der Waals surface area (Å²) in [4.78, 5) is 15.3. The summed E-state index contributed by atoms with van der Waals surface area (Å²) in [5.74, 6) is 9.01. The zero-order valence-electron chi connectivity index (χ0n) is 8.34. The molecular weight excluding hydrogens is 276 g/mol. The molecule has 1 rings (SSSR count). The molecule has 4 N–H and O–H groups in total. The molecule has 0 aliphatic heterocycles. The minimum absolute atomic E-state index is 0.337. The zero-order valence-corrected chi connectivity index (χ0v) is 9.92. The number of nitrogens with two attached hydrogens (primary N) is 2. The van der Waals surface area contributed by atoms with E-state index in [1.54, 1.807) is 0 Å². The van der Waals surface area contributed by atoms with Gasteiger partial charge < -0.3 is 10.7 Å². The topological polar surface area (TPSA) is 103 Å². The Bertz CT molecular complexity index is 380. The number of carbonyl (C=O) groups excluding carboxylic acids is 1. The Balaban J connectivity index is 2.75. The molecule has 0 aromatic heterocycles. The molecule has 0 aliphatic rings. The third kappa shape index (κ3) is 3.59. The van der Waals surface area contributed by atoms with E-state index in [9.17, 15) is 4.79 Å². The summed E-state index contributed by atoms with van der Waals surface area (Å²) in [6.45, 7) is 0. The number of rotatable bonds is 4. The van der Waals surface area contributed by atoms with Crippen molar-refractivity contribution in [3.05, 3.63) is 34.3 Å². The Kier molecular flexibility index (Phi) is 4.87. The van der Waals surface area contributed by atoms with Crippen LogP contribution in [0.5, 0.6) is 0 Å². The first-order valence-electron chi connectivity index (χ1n) is 4.42. The van der Waals surface area contributed by atoms with Gasteiger partial charge in [-0.05, 0) is 17.7 Å². The van der Waals surface area contributed by atoms with Crippen LogP contribution in [0.4, 0.5) is 0 Å². The van der Waals surface area contributed by atoms with Crippen LogP contribution in [0.3, 0.4) is 0 Å². The number of nitrogens with zero attached hydrogens (tertiary/aromatic N) is 2. The van der Waals surface area contributed by atoms with Crippen molar-refractivity contribution in [1.29, 1.82) is 0 Å². The van der Waals surface area contributed by atoms with Gasteiger partial charge in [-0.3, -0.25) is 0 Å². The number of benzene rings is 1. The van der Waals surface area contributed by atoms with E-state index in [0.29, 0.717) is 6.42 Å². The monoisotopic (exact) mass is 286 g/mol. The van der Waals surface area contributed by atoms with Gasteiger partial charge in [0, 0.05) is 10.9 Å². The first-order chi connectivity index (χ1) is 7.67. The van der Waals surface area contributed by atoms with Crippen LogP contribution in [0.15, 0.2) is 39.1 Å². The summed E-state index contributed by atoms with van der Waals surface area (Å²) in [5.41, 5.74) is 0.908. The van der Waals surface area contributed by atoms with Crippen molar-refractivity contribution in [2.45, 2.75) is 12.5 Å². The molecule has 0 aliphatic carbocycles. The quantitative estimate of drug-likeness (QED) is 0.491. The maximum Gasteiger partial charge on any atom is 0.351 e. The summed E-state index contributed by atoms with van der Waals surface area (Å²) >= 11 is 3.31. The Labute approximate surface area is 101 Å². The second-order valence-corrected chi connectivity index (χ2v) is 3.93. The number of carbonyl (C=O) groups is 1. The minimum Gasteiger partial charge on any atom is -0.372 e. The summed E-state index contributed by atoms with van der Waals surface area (Å²) in [5, 5.41) is 6.63. The molecule has 0 amide bonds. The average Bonchev–Trinajstić information content (AvgIpc) is 2.30. The van der Waals surface area contributed by atoms with Gasteiger partial charge in [0.25, 0.3) is 0 Å². The molecule has 0 bridgehead atoms. The smallest absolute Gasteiger partial charge is 0.351 e. The highest BCUT2D eigenvalue weighted by molar-refractivity contribution is 9.10. The van der Waals surface area contributed by atoms with Crippen LogP contribution in [0, 0.1) is 0 Å². The van der Waals surface area contributed by atoms with Crippen molar-refractivity contribution in [2.24, 2.45) is 22.1 Å². The van der Waals surface area contributed by atoms with Gasteiger partial charge in [0.15, 0.2) is 6.04 Å². The van der Waals surface area contributed by atoms with Crippen LogP contribution in [0.1, 0.15) is 5.56 Å². The summed E-state index contributed by atoms with van der Waals surface area (Å²) in [6, 6.07) is 6.62. The van der Waals surface area contributed by atoms with Crippen molar-refractivity contribution < 1.29 is 9.63 Å². The maximum absolute atomic E-state index is 11.2. The van der Waals surface area contributed by atoms with Crippen molar-refractivity contribution >= 4 is 21.9 Å². The molecule has 7 heteroatoms. The maximum atomic E-state index is 11.2. The highest BCUT2D eigenvalue weighted by Gasteiger charge is 2.19. The van der Waals surface area contributed by atoms with Gasteiger partial charge in [0.05, 0.1) is 0 Å². The Hall–Kier alpha value is -1.47. The van der Waals surface area contributed by atoms with Gasteiger partial charge >= 0.3 is 5.97 Å². The molecule has 16 heavy (non-hydrogen) atoms. The molecule has 0 saturated carbocycles. The average molecular weight is 287 g/mol. The summed E-state index contributed by atoms with van der Waals surface area (Å²) in [7, 11) is 0. The molecule has 0 saturated heterocycles. The zero-order chi connectivity index (χ0) is 12.0. The van der Waals surface area contributed by atoms with Gasteiger partial charge in [-0.15, -0.1) is 0 Å². The van der Waals surface area contributed by atoms with E-state index in [-0.39, 0.29) is 0 Å². The largest absolute Gasteiger partial charge is 0.372 e. The van der Waals surface area contributed by atoms with Crippen LogP contribution >= 0.6 is 15.9 Å². The lowest BCUT2D eigenvalue weighted by molar-refractivity contribution is -0.145. The lowest BCUT2D eigenvalue weighted by Gasteiger charge is -2.07. The third-order valence-corrected chi connectivity index (χ3v) is 2.47. The van der Waals surface area contributed by atoms with Gasteiger partial charge in [0.2, 0.25) is 0 Å². The van der Waals surface area contributed by atoms with Crippen LogP contribution in [0.2, 0.25) is 0 Å². The van der Waals surface area contributed by atoms with Gasteiger partial charge in [0.1, 0.15) is 0 Å². The SMILES string of the molecule is NN=N[C@@H](Cc1ccc(Br)cc1)C(=O)ON. The minimum atomic E-state index is -0.809. The van der Waals surface area contributed by atoms with E-state index in [4.69, 9.17) is 11.7 Å². The van der Waals surface area contributed by atoms with Crippen molar-refractivity contribution in [3.8, 4) is 0 Å². The third-order valence-electron chi connectivity index (χ3n) is 1.94. The van der Waals surface area contributed by atoms with Crippen LogP contribution < -0.4 is 11.7 Å². The van der Waals surface area contributed by atoms with Crippen LogP contribution in [-0.2, 0) is 16.1 Å². The molecule has 86 valence electrons. The predicted octanol–water partition coefficient (Wildman–Crippen LogP) is 1.10. The Morgan fingerprint density at radius 1 is 1.44 bits per heavy atom. The summed E-state index contributed by atoms with van der Waals surface area (Å²) in [6.07, 6.45) is 0.337. The van der Waals surface area contributed by atoms with E-state index in [2.05, 4.69) is 31.1 Å². The van der Waals surface area contributed by atoms with E-state index < -0.39 is 12.0 Å². The highest BCUT2D eigenvalue weighted by Crippen LogP contribution is 2.13. The Morgan fingerprint density at radius 2 is 2.06 bits per heavy atom. The molecule has 0 radical (unpaired) electrons. The fourth-order valence-electron chi connectivity index (χ4n) is 1.17. The standard InChI is InChI=1S/C9H11BrN4O2/c10-7-3-1-6(2-4-7)5-8(13-14-11)9(15)16-12/h1-4,8H,5,12H2,(H2,11,13)/t8-/m0/s1. The molecule has 0 heterocycles. The van der Waals surface area contributed by atoms with Gasteiger partial charge in [-0.2, -0.15) is 11.0 Å². The molecule has 1 aromatic carbocycles. The second kappa shape index (κ2) is 6.19. The lowest BCUT2D eigenvalue weighted by Crippen LogP contribution is -2.26. The van der Waals surface area contributed by atoms with Gasteiger partial charge in [-0.1, -0.05) is 33.3 Å². The first kappa shape index (κ1) is 12.6. The van der Waals surface area contributed by atoms with Crippen LogP contribution in [-0.4, -0.2) is 12.0 Å². The lowest BCUT2D eigenvalue weighted by atomic mass is 10.1. The van der Waals surface area contributed by atoms with E-state index >= 15 is 0 Å². The van der Waals surface area contributed by atoms with E-state index in [1.807, 2.05) is 24.3 Å². The molecule has 0 unspecified atom stereocenters.